The van der Waals surface area contributed by atoms with Gasteiger partial charge in [0.25, 0.3) is 0 Å². The van der Waals surface area contributed by atoms with Crippen LogP contribution in [0.4, 0.5) is 0 Å². The van der Waals surface area contributed by atoms with Crippen molar-refractivity contribution in [3.63, 3.8) is 0 Å². The quantitative estimate of drug-likeness (QED) is 0.777. The average molecular weight is 295 g/mol. The van der Waals surface area contributed by atoms with Gasteiger partial charge in [-0.3, -0.25) is 9.69 Å². The van der Waals surface area contributed by atoms with Crippen LogP contribution in [0.2, 0.25) is 0 Å². The van der Waals surface area contributed by atoms with Crippen molar-refractivity contribution in [2.75, 3.05) is 37.7 Å². The monoisotopic (exact) mass is 294 g/mol. The summed E-state index contributed by atoms with van der Waals surface area (Å²) in [6.45, 7) is 6.07. The number of nitrogens with one attached hydrogen (secondary N) is 1. The summed E-state index contributed by atoms with van der Waals surface area (Å²) >= 11 is 5.35. The van der Waals surface area contributed by atoms with E-state index in [0.717, 1.165) is 32.6 Å². The molecule has 1 N–H and O–H groups in total. The van der Waals surface area contributed by atoms with Gasteiger partial charge in [0.15, 0.2) is 0 Å². The van der Waals surface area contributed by atoms with Crippen LogP contribution >= 0.6 is 27.7 Å². The van der Waals surface area contributed by atoms with Gasteiger partial charge in [-0.15, -0.1) is 0 Å². The fraction of sp³-hybridized carbons (Fsp3) is 0.900. The van der Waals surface area contributed by atoms with Gasteiger partial charge in [0, 0.05) is 37.7 Å². The Bertz CT molecular complexity index is 198. The van der Waals surface area contributed by atoms with Crippen molar-refractivity contribution < 1.29 is 4.79 Å². The molecule has 1 aliphatic rings. The minimum Gasteiger partial charge on any atom is -0.354 e. The van der Waals surface area contributed by atoms with Gasteiger partial charge >= 0.3 is 0 Å². The first-order valence-corrected chi connectivity index (χ1v) is 7.53. The molecule has 1 atom stereocenters. The third-order valence-electron chi connectivity index (χ3n) is 2.47. The average Bonchev–Trinajstić information content (AvgIpc) is 2.29. The molecule has 15 heavy (non-hydrogen) atoms. The summed E-state index contributed by atoms with van der Waals surface area (Å²) in [5.74, 6) is 2.57. The predicted molar refractivity (Wildman–Crippen MR) is 69.8 cm³/mol. The number of hydrogen-bond donors (Lipinski definition) is 1. The van der Waals surface area contributed by atoms with Crippen LogP contribution in [0.1, 0.15) is 13.3 Å². The lowest BCUT2D eigenvalue weighted by molar-refractivity contribution is -0.120. The van der Waals surface area contributed by atoms with Crippen LogP contribution in [0.5, 0.6) is 0 Å². The predicted octanol–water partition coefficient (Wildman–Crippen LogP) is 1.32. The lowest BCUT2D eigenvalue weighted by Gasteiger charge is -2.26. The summed E-state index contributed by atoms with van der Waals surface area (Å²) in [4.78, 5) is 13.8. The number of rotatable bonds is 5. The van der Waals surface area contributed by atoms with E-state index in [2.05, 4.69) is 26.1 Å². The number of alkyl halides is 1. The minimum atomic E-state index is -0.0330. The SMILES string of the molecule is CCC(Br)C(=O)NCCN1CCSCC1. The molecule has 5 heteroatoms. The van der Waals surface area contributed by atoms with Crippen LogP contribution in [0.15, 0.2) is 0 Å². The molecule has 0 saturated carbocycles. The Kier molecular flexibility index (Phi) is 6.68. The number of halogens is 1. The lowest BCUT2D eigenvalue weighted by atomic mass is 10.3. The fourth-order valence-corrected chi connectivity index (χ4v) is 2.60. The Morgan fingerprint density at radius 2 is 2.20 bits per heavy atom. The van der Waals surface area contributed by atoms with Crippen molar-refractivity contribution in [1.29, 1.82) is 0 Å². The molecule has 1 saturated heterocycles. The van der Waals surface area contributed by atoms with Gasteiger partial charge in [0.1, 0.15) is 0 Å². The first-order chi connectivity index (χ1) is 7.24. The molecule has 3 nitrogen and oxygen atoms in total. The topological polar surface area (TPSA) is 32.3 Å². The van der Waals surface area contributed by atoms with Gasteiger partial charge < -0.3 is 5.32 Å². The molecule has 0 aromatic heterocycles. The van der Waals surface area contributed by atoms with E-state index < -0.39 is 0 Å². The lowest BCUT2D eigenvalue weighted by Crippen LogP contribution is -2.40. The maximum absolute atomic E-state index is 11.4. The van der Waals surface area contributed by atoms with Crippen molar-refractivity contribution in [3.05, 3.63) is 0 Å². The molecule has 0 bridgehead atoms. The highest BCUT2D eigenvalue weighted by Gasteiger charge is 2.13. The highest BCUT2D eigenvalue weighted by molar-refractivity contribution is 9.10. The zero-order valence-electron chi connectivity index (χ0n) is 9.17. The largest absolute Gasteiger partial charge is 0.354 e. The Morgan fingerprint density at radius 1 is 1.53 bits per heavy atom. The molecular formula is C10H19BrN2OS. The van der Waals surface area contributed by atoms with Gasteiger partial charge in [-0.1, -0.05) is 22.9 Å². The second-order valence-electron chi connectivity index (χ2n) is 3.62. The van der Waals surface area contributed by atoms with Crippen molar-refractivity contribution in [3.8, 4) is 0 Å². The summed E-state index contributed by atoms with van der Waals surface area (Å²) < 4.78 is 0. The number of thioether (sulfide) groups is 1. The summed E-state index contributed by atoms with van der Waals surface area (Å²) in [5.41, 5.74) is 0. The summed E-state index contributed by atoms with van der Waals surface area (Å²) in [5, 5.41) is 2.95. The molecule has 0 radical (unpaired) electrons. The molecule has 1 rings (SSSR count). The second kappa shape index (κ2) is 7.52. The van der Waals surface area contributed by atoms with Crippen molar-refractivity contribution in [1.82, 2.24) is 10.2 Å². The normalized spacial score (nSPS) is 19.9. The van der Waals surface area contributed by atoms with E-state index in [0.29, 0.717) is 0 Å². The van der Waals surface area contributed by atoms with Gasteiger partial charge in [-0.2, -0.15) is 11.8 Å². The molecule has 0 aliphatic carbocycles. The summed E-state index contributed by atoms with van der Waals surface area (Å²) in [7, 11) is 0. The number of nitrogens with zero attached hydrogens (tertiary/aromatic N) is 1. The van der Waals surface area contributed by atoms with E-state index in [4.69, 9.17) is 0 Å². The second-order valence-corrected chi connectivity index (χ2v) is 5.95. The fourth-order valence-electron chi connectivity index (χ4n) is 1.46. The van der Waals surface area contributed by atoms with Gasteiger partial charge in [-0.05, 0) is 6.42 Å². The molecule has 1 aliphatic heterocycles. The number of hydrogen-bond acceptors (Lipinski definition) is 3. The molecule has 1 fully saturated rings. The minimum absolute atomic E-state index is 0.0330. The van der Waals surface area contributed by atoms with Crippen LogP contribution in [0.25, 0.3) is 0 Å². The first kappa shape index (κ1) is 13.3. The Labute approximate surface area is 104 Å². The Balaban J connectivity index is 2.07. The molecule has 1 heterocycles. The molecular weight excluding hydrogens is 276 g/mol. The van der Waals surface area contributed by atoms with Crippen LogP contribution in [0.3, 0.4) is 0 Å². The standard InChI is InChI=1S/C10H19BrN2OS/c1-2-9(11)10(14)12-3-4-13-5-7-15-8-6-13/h9H,2-8H2,1H3,(H,12,14). The first-order valence-electron chi connectivity index (χ1n) is 5.46. The highest BCUT2D eigenvalue weighted by atomic mass is 79.9. The van der Waals surface area contributed by atoms with E-state index in [1.807, 2.05) is 18.7 Å². The number of amides is 1. The van der Waals surface area contributed by atoms with Crippen LogP contribution < -0.4 is 5.32 Å². The molecule has 88 valence electrons. The van der Waals surface area contributed by atoms with E-state index in [1.165, 1.54) is 11.5 Å². The molecule has 1 amide bonds. The van der Waals surface area contributed by atoms with Crippen molar-refractivity contribution in [2.24, 2.45) is 0 Å². The van der Waals surface area contributed by atoms with Crippen LogP contribution in [-0.2, 0) is 4.79 Å². The summed E-state index contributed by atoms with van der Waals surface area (Å²) in [6.07, 6.45) is 0.839. The third kappa shape index (κ3) is 5.22. The van der Waals surface area contributed by atoms with Crippen LogP contribution in [-0.4, -0.2) is 53.3 Å². The van der Waals surface area contributed by atoms with Gasteiger partial charge in [0.05, 0.1) is 4.83 Å². The molecule has 0 spiro atoms. The Hall–Kier alpha value is 0.260. The maximum Gasteiger partial charge on any atom is 0.233 e. The van der Waals surface area contributed by atoms with Crippen molar-refractivity contribution in [2.45, 2.75) is 18.2 Å². The smallest absolute Gasteiger partial charge is 0.233 e. The third-order valence-corrected chi connectivity index (χ3v) is 4.48. The number of carbonyl (C=O) groups excluding carboxylic acids is 1. The van der Waals surface area contributed by atoms with E-state index >= 15 is 0 Å². The molecule has 1 unspecified atom stereocenters. The molecule has 0 aromatic rings. The van der Waals surface area contributed by atoms with Gasteiger partial charge in [-0.25, -0.2) is 0 Å². The van der Waals surface area contributed by atoms with E-state index in [9.17, 15) is 4.79 Å². The van der Waals surface area contributed by atoms with Crippen LogP contribution in [0, 0.1) is 0 Å². The van der Waals surface area contributed by atoms with E-state index in [1.54, 1.807) is 0 Å². The maximum atomic E-state index is 11.4. The zero-order valence-corrected chi connectivity index (χ0v) is 11.6. The van der Waals surface area contributed by atoms with E-state index in [-0.39, 0.29) is 10.7 Å². The Morgan fingerprint density at radius 3 is 2.80 bits per heavy atom. The summed E-state index contributed by atoms with van der Waals surface area (Å²) in [6, 6.07) is 0. The molecule has 0 aromatic carbocycles. The number of carbonyl (C=O) groups is 1. The zero-order chi connectivity index (χ0) is 11.1. The van der Waals surface area contributed by atoms with Gasteiger partial charge in [0.2, 0.25) is 5.91 Å². The highest BCUT2D eigenvalue weighted by Crippen LogP contribution is 2.08. The van der Waals surface area contributed by atoms with Crippen molar-refractivity contribution >= 4 is 33.6 Å².